The molecule has 1 saturated carbocycles. The van der Waals surface area contributed by atoms with Crippen molar-refractivity contribution in [1.29, 1.82) is 0 Å². The van der Waals surface area contributed by atoms with Gasteiger partial charge in [0.1, 0.15) is 11.9 Å². The van der Waals surface area contributed by atoms with Crippen molar-refractivity contribution in [3.8, 4) is 5.75 Å². The maximum absolute atomic E-state index is 12.6. The number of nitrogens with zero attached hydrogens (tertiary/aromatic N) is 1. The lowest BCUT2D eigenvalue weighted by Gasteiger charge is -2.40. The van der Waals surface area contributed by atoms with Gasteiger partial charge in [-0.25, -0.2) is 13.1 Å². The van der Waals surface area contributed by atoms with E-state index in [0.717, 1.165) is 44.5 Å². The van der Waals surface area contributed by atoms with Crippen LogP contribution in [0.1, 0.15) is 38.5 Å². The molecule has 1 amide bonds. The van der Waals surface area contributed by atoms with Crippen LogP contribution in [0.3, 0.4) is 0 Å². The topological polar surface area (TPSA) is 75.7 Å². The summed E-state index contributed by atoms with van der Waals surface area (Å²) in [4.78, 5) is 15.1. The molecule has 1 aliphatic carbocycles. The van der Waals surface area contributed by atoms with Crippen LogP contribution < -0.4 is 9.46 Å². The van der Waals surface area contributed by atoms with Crippen LogP contribution in [0.2, 0.25) is 15.1 Å². The summed E-state index contributed by atoms with van der Waals surface area (Å²) in [7, 11) is -3.89. The Bertz CT molecular complexity index is 1110. The fourth-order valence-corrected chi connectivity index (χ4v) is 6.15. The average molecular weight is 546 g/mol. The Kier molecular flexibility index (Phi) is 8.31. The Labute approximate surface area is 215 Å². The minimum absolute atomic E-state index is 0.0323. The van der Waals surface area contributed by atoms with Gasteiger partial charge in [0, 0.05) is 36.1 Å². The van der Waals surface area contributed by atoms with Crippen LogP contribution in [0.25, 0.3) is 0 Å². The average Bonchev–Trinajstić information content (AvgIpc) is 2.82. The standard InChI is InChI=1S/C24H27Cl3N2O4S/c25-17-3-8-21(9-4-17)34(31,32)28-24(30)16-1-5-18(6-2-16)29-13-11-19(12-14-29)33-20-7-10-22(26)23(27)15-20/h3-4,7-10,15-16,18-19H,1-2,5-6,11-14H2,(H,28,30). The molecule has 6 nitrogen and oxygen atoms in total. The Balaban J connectivity index is 1.23. The molecule has 1 saturated heterocycles. The number of likely N-dealkylation sites (tertiary alicyclic amines) is 1. The molecule has 0 aromatic heterocycles. The summed E-state index contributed by atoms with van der Waals surface area (Å²) in [5.74, 6) is 0.00362. The number of nitrogens with one attached hydrogen (secondary N) is 1. The van der Waals surface area contributed by atoms with Gasteiger partial charge >= 0.3 is 0 Å². The van der Waals surface area contributed by atoms with Gasteiger partial charge in [0.15, 0.2) is 0 Å². The molecule has 2 aromatic rings. The minimum atomic E-state index is -3.89. The van der Waals surface area contributed by atoms with Crippen molar-refractivity contribution >= 4 is 50.7 Å². The molecule has 1 heterocycles. The van der Waals surface area contributed by atoms with E-state index in [-0.39, 0.29) is 16.9 Å². The lowest BCUT2D eigenvalue weighted by molar-refractivity contribution is -0.124. The minimum Gasteiger partial charge on any atom is -0.490 e. The lowest BCUT2D eigenvalue weighted by atomic mass is 9.84. The summed E-state index contributed by atoms with van der Waals surface area (Å²) in [6.07, 6.45) is 5.06. The van der Waals surface area contributed by atoms with Crippen LogP contribution in [0, 0.1) is 5.92 Å². The Morgan fingerprint density at radius 1 is 0.882 bits per heavy atom. The molecule has 34 heavy (non-hydrogen) atoms. The molecule has 0 spiro atoms. The number of sulfonamides is 1. The van der Waals surface area contributed by atoms with Crippen LogP contribution >= 0.6 is 34.8 Å². The smallest absolute Gasteiger partial charge is 0.264 e. The maximum Gasteiger partial charge on any atom is 0.264 e. The Hall–Kier alpha value is -1.51. The summed E-state index contributed by atoms with van der Waals surface area (Å²) in [5, 5.41) is 1.43. The zero-order valence-corrected chi connectivity index (χ0v) is 21.6. The number of amides is 1. The van der Waals surface area contributed by atoms with Crippen LogP contribution in [-0.4, -0.2) is 44.5 Å². The molecule has 2 aromatic carbocycles. The number of ether oxygens (including phenoxy) is 1. The van der Waals surface area contributed by atoms with Crippen molar-refractivity contribution < 1.29 is 17.9 Å². The fourth-order valence-electron chi connectivity index (χ4n) is 4.69. The number of hydrogen-bond donors (Lipinski definition) is 1. The zero-order valence-electron chi connectivity index (χ0n) is 18.6. The van der Waals surface area contributed by atoms with Gasteiger partial charge in [0.2, 0.25) is 5.91 Å². The summed E-state index contributed by atoms with van der Waals surface area (Å²) in [6, 6.07) is 11.5. The fraction of sp³-hybridized carbons (Fsp3) is 0.458. The van der Waals surface area contributed by atoms with Crippen molar-refractivity contribution in [3.63, 3.8) is 0 Å². The maximum atomic E-state index is 12.6. The predicted molar refractivity (Wildman–Crippen MR) is 134 cm³/mol. The Morgan fingerprint density at radius 2 is 1.53 bits per heavy atom. The van der Waals surface area contributed by atoms with E-state index in [4.69, 9.17) is 39.5 Å². The highest BCUT2D eigenvalue weighted by Crippen LogP contribution is 2.32. The highest BCUT2D eigenvalue weighted by molar-refractivity contribution is 7.90. The van der Waals surface area contributed by atoms with E-state index in [1.54, 1.807) is 12.1 Å². The molecule has 0 radical (unpaired) electrons. The van der Waals surface area contributed by atoms with Crippen molar-refractivity contribution in [2.45, 2.75) is 55.6 Å². The third kappa shape index (κ3) is 6.38. The number of halogens is 3. The Morgan fingerprint density at radius 3 is 2.15 bits per heavy atom. The first-order valence-corrected chi connectivity index (χ1v) is 14.0. The van der Waals surface area contributed by atoms with E-state index in [1.165, 1.54) is 24.3 Å². The third-order valence-corrected chi connectivity index (χ3v) is 8.97. The summed E-state index contributed by atoms with van der Waals surface area (Å²) >= 11 is 17.9. The molecule has 1 N–H and O–H groups in total. The van der Waals surface area contributed by atoms with E-state index < -0.39 is 15.9 Å². The van der Waals surface area contributed by atoms with Gasteiger partial charge in [-0.3, -0.25) is 4.79 Å². The molecule has 1 aliphatic heterocycles. The normalized spacial score (nSPS) is 22.3. The predicted octanol–water partition coefficient (Wildman–Crippen LogP) is 5.55. The van der Waals surface area contributed by atoms with E-state index >= 15 is 0 Å². The lowest BCUT2D eigenvalue weighted by Crippen LogP contribution is -2.46. The van der Waals surface area contributed by atoms with Crippen LogP contribution in [0.5, 0.6) is 5.75 Å². The van der Waals surface area contributed by atoms with Crippen molar-refractivity contribution in [2.24, 2.45) is 5.92 Å². The van der Waals surface area contributed by atoms with Gasteiger partial charge in [0.05, 0.1) is 14.9 Å². The molecule has 0 unspecified atom stereocenters. The molecule has 10 heteroatoms. The summed E-state index contributed by atoms with van der Waals surface area (Å²) < 4.78 is 33.3. The van der Waals surface area contributed by atoms with E-state index in [0.29, 0.717) is 34.0 Å². The van der Waals surface area contributed by atoms with Crippen LogP contribution in [0.4, 0.5) is 0 Å². The van der Waals surface area contributed by atoms with E-state index in [9.17, 15) is 13.2 Å². The molecular formula is C24H27Cl3N2O4S. The third-order valence-electron chi connectivity index (χ3n) is 6.61. The van der Waals surface area contributed by atoms with E-state index in [2.05, 4.69) is 9.62 Å². The molecule has 4 rings (SSSR count). The van der Waals surface area contributed by atoms with Gasteiger partial charge in [0.25, 0.3) is 10.0 Å². The van der Waals surface area contributed by atoms with Crippen LogP contribution in [-0.2, 0) is 14.8 Å². The van der Waals surface area contributed by atoms with Crippen LogP contribution in [0.15, 0.2) is 47.4 Å². The number of carbonyl (C=O) groups excluding carboxylic acids is 1. The number of rotatable bonds is 6. The van der Waals surface area contributed by atoms with Gasteiger partial charge in [-0.1, -0.05) is 34.8 Å². The van der Waals surface area contributed by atoms with Gasteiger partial charge in [-0.2, -0.15) is 0 Å². The summed E-state index contributed by atoms with van der Waals surface area (Å²) in [6.45, 7) is 1.86. The quantitative estimate of drug-likeness (QED) is 0.515. The molecule has 0 atom stereocenters. The van der Waals surface area contributed by atoms with Crippen molar-refractivity contribution in [3.05, 3.63) is 57.5 Å². The molecule has 2 aliphatic rings. The largest absolute Gasteiger partial charge is 0.490 e. The van der Waals surface area contributed by atoms with Gasteiger partial charge in [-0.05, 0) is 74.9 Å². The first-order valence-electron chi connectivity index (χ1n) is 11.4. The number of hydrogen-bond acceptors (Lipinski definition) is 5. The van der Waals surface area contributed by atoms with Gasteiger partial charge in [-0.15, -0.1) is 0 Å². The highest BCUT2D eigenvalue weighted by atomic mass is 35.5. The first-order chi connectivity index (χ1) is 16.2. The van der Waals surface area contributed by atoms with Gasteiger partial charge < -0.3 is 9.64 Å². The second-order valence-corrected chi connectivity index (χ2v) is 11.8. The van der Waals surface area contributed by atoms with Crippen molar-refractivity contribution in [2.75, 3.05) is 13.1 Å². The molecule has 184 valence electrons. The second kappa shape index (κ2) is 11.0. The SMILES string of the molecule is O=C(NS(=O)(=O)c1ccc(Cl)cc1)C1CCC(N2CCC(Oc3ccc(Cl)c(Cl)c3)CC2)CC1. The van der Waals surface area contributed by atoms with E-state index in [1.807, 2.05) is 6.07 Å². The first kappa shape index (κ1) is 25.6. The molecular weight excluding hydrogens is 519 g/mol. The second-order valence-electron chi connectivity index (χ2n) is 8.86. The zero-order chi connectivity index (χ0) is 24.3. The van der Waals surface area contributed by atoms with Crippen molar-refractivity contribution in [1.82, 2.24) is 9.62 Å². The number of benzene rings is 2. The molecule has 2 fully saturated rings. The number of carbonyl (C=O) groups is 1. The number of piperidine rings is 1. The highest BCUT2D eigenvalue weighted by Gasteiger charge is 2.33. The monoisotopic (exact) mass is 544 g/mol. The summed E-state index contributed by atoms with van der Waals surface area (Å²) in [5.41, 5.74) is 0. The molecule has 0 bridgehead atoms.